The first-order chi connectivity index (χ1) is 11.8. The lowest BCUT2D eigenvalue weighted by atomic mass is 9.63. The monoisotopic (exact) mass is 334 g/mol. The van der Waals surface area contributed by atoms with Crippen LogP contribution in [0.1, 0.15) is 79.6 Å². The number of fused-ring (bicyclic) bond motifs is 1. The molecule has 0 aliphatic heterocycles. The lowest BCUT2D eigenvalue weighted by Crippen LogP contribution is -2.33. The minimum absolute atomic E-state index is 0.283. The van der Waals surface area contributed by atoms with Crippen molar-refractivity contribution in [1.29, 1.82) is 0 Å². The standard InChI is InChI=1S/C24H30O/c1-23(2)14-15-24(3,4)22-16-19(12-13-21(22)23)7-5-6-18-8-10-20(17-25)11-9-18/h8-13,16-17H,5-7,14-15H2,1-4H3. The van der Waals surface area contributed by atoms with Crippen molar-refractivity contribution in [1.82, 2.24) is 0 Å². The molecule has 0 saturated heterocycles. The molecule has 0 radical (unpaired) electrons. The second-order valence-electron chi connectivity index (χ2n) is 8.86. The molecule has 1 aliphatic carbocycles. The van der Waals surface area contributed by atoms with Gasteiger partial charge in [-0.3, -0.25) is 4.79 Å². The number of hydrogen-bond donors (Lipinski definition) is 0. The maximum atomic E-state index is 10.7. The predicted octanol–water partition coefficient (Wildman–Crippen LogP) is 6.02. The van der Waals surface area contributed by atoms with Crippen LogP contribution in [0, 0.1) is 0 Å². The van der Waals surface area contributed by atoms with Crippen molar-refractivity contribution in [3.8, 4) is 0 Å². The topological polar surface area (TPSA) is 17.1 Å². The van der Waals surface area contributed by atoms with Gasteiger partial charge in [-0.2, -0.15) is 0 Å². The first-order valence-electron chi connectivity index (χ1n) is 9.50. The second kappa shape index (κ2) is 6.78. The van der Waals surface area contributed by atoms with E-state index in [2.05, 4.69) is 58.0 Å². The fourth-order valence-corrected chi connectivity index (χ4v) is 4.05. The highest BCUT2D eigenvalue weighted by Gasteiger charge is 2.36. The highest BCUT2D eigenvalue weighted by molar-refractivity contribution is 5.74. The SMILES string of the molecule is CC1(C)CCC(C)(C)c2cc(CCCc3ccc(C=O)cc3)ccc21. The molecule has 1 heteroatoms. The molecule has 1 aliphatic rings. The van der Waals surface area contributed by atoms with Crippen molar-refractivity contribution in [2.45, 2.75) is 70.6 Å². The molecular formula is C24H30O. The van der Waals surface area contributed by atoms with Crippen LogP contribution in [0.5, 0.6) is 0 Å². The zero-order chi connectivity index (χ0) is 18.1. The van der Waals surface area contributed by atoms with Crippen molar-refractivity contribution >= 4 is 6.29 Å². The molecule has 0 aromatic heterocycles. The van der Waals surface area contributed by atoms with Crippen LogP contribution < -0.4 is 0 Å². The van der Waals surface area contributed by atoms with Crippen LogP contribution in [0.15, 0.2) is 42.5 Å². The molecule has 0 spiro atoms. The molecule has 0 bridgehead atoms. The fraction of sp³-hybridized carbons (Fsp3) is 0.458. The number of hydrogen-bond acceptors (Lipinski definition) is 1. The molecule has 0 atom stereocenters. The Labute approximate surface area is 152 Å². The summed E-state index contributed by atoms with van der Waals surface area (Å²) in [4.78, 5) is 10.7. The first kappa shape index (κ1) is 17.9. The summed E-state index contributed by atoms with van der Waals surface area (Å²) >= 11 is 0. The summed E-state index contributed by atoms with van der Waals surface area (Å²) in [6, 6.07) is 15.1. The lowest BCUT2D eigenvalue weighted by Gasteiger charge is -2.42. The molecule has 0 fully saturated rings. The van der Waals surface area contributed by atoms with Crippen LogP contribution in [-0.4, -0.2) is 6.29 Å². The van der Waals surface area contributed by atoms with Crippen molar-refractivity contribution in [3.05, 3.63) is 70.3 Å². The molecule has 0 N–H and O–H groups in total. The first-order valence-corrected chi connectivity index (χ1v) is 9.50. The molecule has 0 amide bonds. The average Bonchev–Trinajstić information content (AvgIpc) is 2.60. The molecule has 2 aromatic carbocycles. The summed E-state index contributed by atoms with van der Waals surface area (Å²) < 4.78 is 0. The molecule has 132 valence electrons. The van der Waals surface area contributed by atoms with E-state index in [9.17, 15) is 4.79 Å². The van der Waals surface area contributed by atoms with Crippen molar-refractivity contribution in [2.75, 3.05) is 0 Å². The highest BCUT2D eigenvalue weighted by atomic mass is 16.1. The number of aldehydes is 1. The Morgan fingerprint density at radius 1 is 0.800 bits per heavy atom. The zero-order valence-corrected chi connectivity index (χ0v) is 16.1. The van der Waals surface area contributed by atoms with Crippen molar-refractivity contribution in [3.63, 3.8) is 0 Å². The van der Waals surface area contributed by atoms with E-state index in [1.54, 1.807) is 5.56 Å². The molecule has 25 heavy (non-hydrogen) atoms. The molecule has 0 unspecified atom stereocenters. The Hall–Kier alpha value is -1.89. The summed E-state index contributed by atoms with van der Waals surface area (Å²) in [7, 11) is 0. The number of carbonyl (C=O) groups excluding carboxylic acids is 1. The normalized spacial score (nSPS) is 17.8. The van der Waals surface area contributed by atoms with Gasteiger partial charge in [0.25, 0.3) is 0 Å². The number of aryl methyl sites for hydroxylation is 2. The minimum Gasteiger partial charge on any atom is -0.298 e. The van der Waals surface area contributed by atoms with Gasteiger partial charge in [0.2, 0.25) is 0 Å². The van der Waals surface area contributed by atoms with E-state index in [0.29, 0.717) is 5.41 Å². The molecule has 0 heterocycles. The lowest BCUT2D eigenvalue weighted by molar-refractivity contribution is 0.112. The molecule has 0 saturated carbocycles. The summed E-state index contributed by atoms with van der Waals surface area (Å²) in [5.41, 5.74) is 7.19. The Kier molecular flexibility index (Phi) is 4.86. The third kappa shape index (κ3) is 3.86. The van der Waals surface area contributed by atoms with Gasteiger partial charge in [0.15, 0.2) is 0 Å². The van der Waals surface area contributed by atoms with Crippen LogP contribution in [0.25, 0.3) is 0 Å². The van der Waals surface area contributed by atoms with E-state index < -0.39 is 0 Å². The van der Waals surface area contributed by atoms with E-state index in [1.165, 1.54) is 29.5 Å². The van der Waals surface area contributed by atoms with Crippen LogP contribution in [-0.2, 0) is 23.7 Å². The third-order valence-corrected chi connectivity index (χ3v) is 5.96. The van der Waals surface area contributed by atoms with E-state index in [0.717, 1.165) is 31.1 Å². The van der Waals surface area contributed by atoms with E-state index >= 15 is 0 Å². The van der Waals surface area contributed by atoms with Gasteiger partial charge in [-0.1, -0.05) is 70.2 Å². The predicted molar refractivity (Wildman–Crippen MR) is 106 cm³/mol. The van der Waals surface area contributed by atoms with Gasteiger partial charge >= 0.3 is 0 Å². The largest absolute Gasteiger partial charge is 0.298 e. The van der Waals surface area contributed by atoms with Gasteiger partial charge in [0.05, 0.1) is 0 Å². The number of rotatable bonds is 5. The van der Waals surface area contributed by atoms with Crippen molar-refractivity contribution in [2.24, 2.45) is 0 Å². The highest BCUT2D eigenvalue weighted by Crippen LogP contribution is 2.45. The number of carbonyl (C=O) groups is 1. The molecule has 2 aromatic rings. The van der Waals surface area contributed by atoms with E-state index in [1.807, 2.05) is 12.1 Å². The van der Waals surface area contributed by atoms with Crippen LogP contribution in [0.4, 0.5) is 0 Å². The summed E-state index contributed by atoms with van der Waals surface area (Å²) in [6.45, 7) is 9.53. The van der Waals surface area contributed by atoms with Crippen LogP contribution in [0.2, 0.25) is 0 Å². The maximum absolute atomic E-state index is 10.7. The smallest absolute Gasteiger partial charge is 0.150 e. The third-order valence-electron chi connectivity index (χ3n) is 5.96. The summed E-state index contributed by atoms with van der Waals surface area (Å²) in [5, 5.41) is 0. The Morgan fingerprint density at radius 2 is 1.36 bits per heavy atom. The average molecular weight is 335 g/mol. The van der Waals surface area contributed by atoms with Crippen LogP contribution in [0.3, 0.4) is 0 Å². The summed E-state index contributed by atoms with van der Waals surface area (Å²) in [5.74, 6) is 0. The fourth-order valence-electron chi connectivity index (χ4n) is 4.05. The van der Waals surface area contributed by atoms with E-state index in [-0.39, 0.29) is 5.41 Å². The van der Waals surface area contributed by atoms with Gasteiger partial charge in [0, 0.05) is 5.56 Å². The quantitative estimate of drug-likeness (QED) is 0.611. The van der Waals surface area contributed by atoms with Gasteiger partial charge < -0.3 is 0 Å². The molecule has 1 nitrogen and oxygen atoms in total. The molecule has 3 rings (SSSR count). The molecular weight excluding hydrogens is 304 g/mol. The van der Waals surface area contributed by atoms with Gasteiger partial charge in [0.1, 0.15) is 6.29 Å². The second-order valence-corrected chi connectivity index (χ2v) is 8.86. The van der Waals surface area contributed by atoms with Crippen molar-refractivity contribution < 1.29 is 4.79 Å². The number of benzene rings is 2. The Morgan fingerprint density at radius 3 is 2.00 bits per heavy atom. The minimum atomic E-state index is 0.283. The van der Waals surface area contributed by atoms with E-state index in [4.69, 9.17) is 0 Å². The van der Waals surface area contributed by atoms with Crippen LogP contribution >= 0.6 is 0 Å². The maximum Gasteiger partial charge on any atom is 0.150 e. The van der Waals surface area contributed by atoms with Gasteiger partial charge in [-0.25, -0.2) is 0 Å². The van der Waals surface area contributed by atoms with Gasteiger partial charge in [-0.05, 0) is 65.2 Å². The van der Waals surface area contributed by atoms with Gasteiger partial charge in [-0.15, -0.1) is 0 Å². The Bertz CT molecular complexity index is 750. The zero-order valence-electron chi connectivity index (χ0n) is 16.1. The summed E-state index contributed by atoms with van der Waals surface area (Å²) in [6.07, 6.45) is 6.75. The Balaban J connectivity index is 1.70.